The fourth-order valence-electron chi connectivity index (χ4n) is 1.90. The second kappa shape index (κ2) is 5.30. The van der Waals surface area contributed by atoms with Crippen LogP contribution >= 0.6 is 0 Å². The summed E-state index contributed by atoms with van der Waals surface area (Å²) in [6, 6.07) is 7.23. The van der Waals surface area contributed by atoms with Gasteiger partial charge in [-0.25, -0.2) is 0 Å². The maximum absolute atomic E-state index is 11.9. The number of nitrogens with one attached hydrogen (secondary N) is 2. The summed E-state index contributed by atoms with van der Waals surface area (Å²) in [5.41, 5.74) is 6.38. The molecule has 2 atom stereocenters. The van der Waals surface area contributed by atoms with Crippen molar-refractivity contribution in [3.05, 3.63) is 29.8 Å². The van der Waals surface area contributed by atoms with Gasteiger partial charge in [-0.15, -0.1) is 0 Å². The Balaban J connectivity index is 1.92. The third-order valence-electron chi connectivity index (χ3n) is 3.37. The van der Waals surface area contributed by atoms with E-state index in [0.29, 0.717) is 11.5 Å². The van der Waals surface area contributed by atoms with Gasteiger partial charge in [-0.05, 0) is 30.5 Å². The summed E-state index contributed by atoms with van der Waals surface area (Å²) in [7, 11) is 3.82. The van der Waals surface area contributed by atoms with Crippen molar-refractivity contribution in [2.24, 2.45) is 11.8 Å². The monoisotopic (exact) mass is 261 g/mol. The van der Waals surface area contributed by atoms with E-state index in [2.05, 4.69) is 10.9 Å². The zero-order chi connectivity index (χ0) is 14.0. The number of hydrogen-bond acceptors (Lipinski definition) is 3. The summed E-state index contributed by atoms with van der Waals surface area (Å²) >= 11 is 0. The zero-order valence-electron chi connectivity index (χ0n) is 11.4. The Labute approximate surface area is 112 Å². The van der Waals surface area contributed by atoms with E-state index in [1.54, 1.807) is 12.1 Å². The Morgan fingerprint density at radius 3 is 2.53 bits per heavy atom. The lowest BCUT2D eigenvalue weighted by Gasteiger charge is -2.13. The van der Waals surface area contributed by atoms with E-state index in [0.717, 1.165) is 12.1 Å². The van der Waals surface area contributed by atoms with Crippen molar-refractivity contribution < 1.29 is 9.59 Å². The van der Waals surface area contributed by atoms with Crippen LogP contribution < -0.4 is 15.8 Å². The lowest BCUT2D eigenvalue weighted by atomic mass is 10.2. The molecule has 1 saturated carbocycles. The molecule has 0 radical (unpaired) electrons. The maximum atomic E-state index is 11.9. The molecule has 0 saturated heterocycles. The number of nitrogens with zero attached hydrogens (tertiary/aromatic N) is 1. The van der Waals surface area contributed by atoms with Gasteiger partial charge in [0, 0.05) is 31.3 Å². The average molecular weight is 261 g/mol. The number of carbonyl (C=O) groups excluding carboxylic acids is 2. The predicted octanol–water partition coefficient (Wildman–Crippen LogP) is 1.17. The number of amides is 2. The van der Waals surface area contributed by atoms with Crippen LogP contribution in [-0.2, 0) is 4.79 Å². The highest BCUT2D eigenvalue weighted by Crippen LogP contribution is 2.37. The molecule has 2 rings (SSSR count). The topological polar surface area (TPSA) is 61.4 Å². The molecule has 1 aromatic rings. The van der Waals surface area contributed by atoms with Gasteiger partial charge in [0.05, 0.1) is 0 Å². The second-order valence-corrected chi connectivity index (χ2v) is 5.21. The van der Waals surface area contributed by atoms with Crippen molar-refractivity contribution in [1.29, 1.82) is 0 Å². The normalized spacial score (nSPS) is 20.6. The first-order valence-electron chi connectivity index (χ1n) is 6.36. The van der Waals surface area contributed by atoms with Crippen LogP contribution in [0.3, 0.4) is 0 Å². The van der Waals surface area contributed by atoms with Crippen molar-refractivity contribution in [2.75, 3.05) is 19.0 Å². The van der Waals surface area contributed by atoms with Gasteiger partial charge in [0.1, 0.15) is 0 Å². The number of hydrogen-bond donors (Lipinski definition) is 2. The van der Waals surface area contributed by atoms with Gasteiger partial charge in [0.15, 0.2) is 0 Å². The Bertz CT molecular complexity index is 499. The summed E-state index contributed by atoms with van der Waals surface area (Å²) in [6.07, 6.45) is 0.901. The van der Waals surface area contributed by atoms with Crippen LogP contribution in [0.2, 0.25) is 0 Å². The van der Waals surface area contributed by atoms with Crippen LogP contribution in [0.25, 0.3) is 0 Å². The predicted molar refractivity (Wildman–Crippen MR) is 73.6 cm³/mol. The summed E-state index contributed by atoms with van der Waals surface area (Å²) in [5.74, 6) is 0.0670. The molecule has 0 bridgehead atoms. The fraction of sp³-hybridized carbons (Fsp3) is 0.429. The molecular formula is C14H19N3O2. The summed E-state index contributed by atoms with van der Waals surface area (Å²) in [5, 5.41) is 0. The van der Waals surface area contributed by atoms with Gasteiger partial charge in [-0.1, -0.05) is 13.0 Å². The lowest BCUT2D eigenvalue weighted by Crippen LogP contribution is -2.42. The minimum absolute atomic E-state index is 0.0495. The Morgan fingerprint density at radius 2 is 1.95 bits per heavy atom. The van der Waals surface area contributed by atoms with Crippen molar-refractivity contribution >= 4 is 17.5 Å². The van der Waals surface area contributed by atoms with Crippen LogP contribution in [0.4, 0.5) is 5.69 Å². The fourth-order valence-corrected chi connectivity index (χ4v) is 1.90. The number of hydrazine groups is 1. The van der Waals surface area contributed by atoms with Crippen LogP contribution in [0.5, 0.6) is 0 Å². The second-order valence-electron chi connectivity index (χ2n) is 5.21. The molecule has 0 aliphatic heterocycles. The largest absolute Gasteiger partial charge is 0.378 e. The van der Waals surface area contributed by atoms with Crippen molar-refractivity contribution in [3.8, 4) is 0 Å². The summed E-state index contributed by atoms with van der Waals surface area (Å²) in [6.45, 7) is 2.02. The van der Waals surface area contributed by atoms with E-state index in [1.807, 2.05) is 38.1 Å². The maximum Gasteiger partial charge on any atom is 0.269 e. The minimum atomic E-state index is -0.301. The van der Waals surface area contributed by atoms with Gasteiger partial charge >= 0.3 is 0 Å². The highest BCUT2D eigenvalue weighted by atomic mass is 16.2. The molecule has 5 heteroatoms. The molecule has 5 nitrogen and oxygen atoms in total. The van der Waals surface area contributed by atoms with E-state index in [9.17, 15) is 9.59 Å². The lowest BCUT2D eigenvalue weighted by molar-refractivity contribution is -0.123. The smallest absolute Gasteiger partial charge is 0.269 e. The molecule has 0 spiro atoms. The van der Waals surface area contributed by atoms with Crippen LogP contribution in [-0.4, -0.2) is 25.9 Å². The van der Waals surface area contributed by atoms with E-state index in [1.165, 1.54) is 0 Å². The number of anilines is 1. The standard InChI is InChI=1S/C14H19N3O2/c1-9-7-12(9)14(19)16-15-13(18)10-5-4-6-11(8-10)17(2)3/h4-6,8-9,12H,7H2,1-3H3,(H,15,18)(H,16,19)/t9-,12-/m0/s1. The van der Waals surface area contributed by atoms with E-state index < -0.39 is 0 Å². The third-order valence-corrected chi connectivity index (χ3v) is 3.37. The van der Waals surface area contributed by atoms with E-state index in [-0.39, 0.29) is 17.7 Å². The Kier molecular flexibility index (Phi) is 3.74. The number of benzene rings is 1. The highest BCUT2D eigenvalue weighted by Gasteiger charge is 2.39. The van der Waals surface area contributed by atoms with Crippen molar-refractivity contribution in [2.45, 2.75) is 13.3 Å². The minimum Gasteiger partial charge on any atom is -0.378 e. The molecular weight excluding hydrogens is 242 g/mol. The molecule has 0 aromatic heterocycles. The third kappa shape index (κ3) is 3.24. The molecule has 1 fully saturated rings. The number of carbonyl (C=O) groups is 2. The highest BCUT2D eigenvalue weighted by molar-refractivity contribution is 5.96. The SMILES string of the molecule is C[C@H]1C[C@@H]1C(=O)NNC(=O)c1cccc(N(C)C)c1. The summed E-state index contributed by atoms with van der Waals surface area (Å²) in [4.78, 5) is 25.4. The van der Waals surface area contributed by atoms with Crippen LogP contribution in [0, 0.1) is 11.8 Å². The van der Waals surface area contributed by atoms with Crippen molar-refractivity contribution in [1.82, 2.24) is 10.9 Å². The molecule has 2 amide bonds. The Morgan fingerprint density at radius 1 is 1.26 bits per heavy atom. The Hall–Kier alpha value is -2.04. The van der Waals surface area contributed by atoms with Crippen molar-refractivity contribution in [3.63, 3.8) is 0 Å². The van der Waals surface area contributed by atoms with Crippen LogP contribution in [0.15, 0.2) is 24.3 Å². The van der Waals surface area contributed by atoms with E-state index in [4.69, 9.17) is 0 Å². The van der Waals surface area contributed by atoms with Crippen LogP contribution in [0.1, 0.15) is 23.7 Å². The molecule has 102 valence electrons. The average Bonchev–Trinajstić information content (AvgIpc) is 3.13. The first-order chi connectivity index (χ1) is 8.99. The van der Waals surface area contributed by atoms with Gasteiger partial charge < -0.3 is 4.90 Å². The first kappa shape index (κ1) is 13.4. The molecule has 0 heterocycles. The van der Waals surface area contributed by atoms with E-state index >= 15 is 0 Å². The van der Waals surface area contributed by atoms with Gasteiger partial charge in [0.25, 0.3) is 5.91 Å². The van der Waals surface area contributed by atoms with Gasteiger partial charge in [0.2, 0.25) is 5.91 Å². The first-order valence-corrected chi connectivity index (χ1v) is 6.36. The quantitative estimate of drug-likeness (QED) is 0.803. The number of rotatable bonds is 3. The molecule has 0 unspecified atom stereocenters. The summed E-state index contributed by atoms with van der Waals surface area (Å²) < 4.78 is 0. The van der Waals surface area contributed by atoms with Gasteiger partial charge in [-0.3, -0.25) is 20.4 Å². The molecule has 1 aliphatic carbocycles. The molecule has 1 aliphatic rings. The zero-order valence-corrected chi connectivity index (χ0v) is 11.4. The molecule has 2 N–H and O–H groups in total. The van der Waals surface area contributed by atoms with Gasteiger partial charge in [-0.2, -0.15) is 0 Å². The molecule has 1 aromatic carbocycles. The molecule has 19 heavy (non-hydrogen) atoms.